The second kappa shape index (κ2) is 10.3. The number of ether oxygens (including phenoxy) is 2. The van der Waals surface area contributed by atoms with E-state index in [4.69, 9.17) is 4.74 Å². The Morgan fingerprint density at radius 3 is 2.73 bits per heavy atom. The fourth-order valence-corrected chi connectivity index (χ4v) is 5.82. The van der Waals surface area contributed by atoms with Gasteiger partial charge in [-0.25, -0.2) is 4.79 Å². The molecule has 0 spiro atoms. The first-order valence-electron chi connectivity index (χ1n) is 12.2. The summed E-state index contributed by atoms with van der Waals surface area (Å²) >= 11 is 0. The summed E-state index contributed by atoms with van der Waals surface area (Å²) in [6.07, 6.45) is 3.72. The monoisotopic (exact) mass is 504 g/mol. The molecule has 9 nitrogen and oxygen atoms in total. The van der Waals surface area contributed by atoms with Crippen molar-refractivity contribution in [2.45, 2.75) is 25.4 Å². The maximum atomic E-state index is 13.1. The van der Waals surface area contributed by atoms with Crippen LogP contribution >= 0.6 is 0 Å². The third kappa shape index (κ3) is 4.56. The predicted octanol–water partition coefficient (Wildman–Crippen LogP) is 3.18. The SMILES string of the molecule is COC(=O)N1C(=O)[C@@H]2[C@@H](CC(CO)=C3[C@@H](CC/C(=C/c4cccc(O)c4)c4ccccn4)OC[C@@H]32)C1=O. The van der Waals surface area contributed by atoms with Crippen LogP contribution in [0.2, 0.25) is 0 Å². The Kier molecular flexibility index (Phi) is 6.90. The maximum Gasteiger partial charge on any atom is 0.423 e. The molecule has 37 heavy (non-hydrogen) atoms. The molecular formula is C28H28N2O7. The van der Waals surface area contributed by atoms with Crippen molar-refractivity contribution in [1.82, 2.24) is 9.88 Å². The molecule has 192 valence electrons. The molecule has 4 atom stereocenters. The average molecular weight is 505 g/mol. The van der Waals surface area contributed by atoms with Crippen molar-refractivity contribution in [2.75, 3.05) is 20.3 Å². The lowest BCUT2D eigenvalue weighted by molar-refractivity contribution is -0.137. The van der Waals surface area contributed by atoms with Gasteiger partial charge in [0.2, 0.25) is 11.8 Å². The molecule has 2 saturated heterocycles. The van der Waals surface area contributed by atoms with E-state index in [9.17, 15) is 24.6 Å². The molecule has 3 amide bonds. The number of aliphatic hydroxyl groups excluding tert-OH is 1. The van der Waals surface area contributed by atoms with E-state index in [1.165, 1.54) is 0 Å². The van der Waals surface area contributed by atoms with Crippen LogP contribution < -0.4 is 0 Å². The van der Waals surface area contributed by atoms with E-state index >= 15 is 0 Å². The number of phenolic OH excluding ortho intramolecular Hbond substituents is 1. The number of carbonyl (C=O) groups excluding carboxylic acids is 3. The van der Waals surface area contributed by atoms with Gasteiger partial charge >= 0.3 is 6.09 Å². The second-order valence-electron chi connectivity index (χ2n) is 9.48. The van der Waals surface area contributed by atoms with Crippen molar-refractivity contribution in [2.24, 2.45) is 17.8 Å². The number of carbonyl (C=O) groups is 3. The quantitative estimate of drug-likeness (QED) is 0.454. The largest absolute Gasteiger partial charge is 0.508 e. The highest BCUT2D eigenvalue weighted by molar-refractivity contribution is 6.16. The summed E-state index contributed by atoms with van der Waals surface area (Å²) in [5.41, 5.74) is 4.12. The van der Waals surface area contributed by atoms with Crippen LogP contribution in [0.1, 0.15) is 30.5 Å². The van der Waals surface area contributed by atoms with E-state index in [1.807, 2.05) is 30.3 Å². The molecule has 2 N–H and O–H groups in total. The first kappa shape index (κ1) is 24.9. The molecule has 2 aromatic rings. The Morgan fingerprint density at radius 1 is 1.19 bits per heavy atom. The molecule has 2 aliphatic heterocycles. The number of imide groups is 3. The van der Waals surface area contributed by atoms with Gasteiger partial charge in [0.25, 0.3) is 0 Å². The first-order valence-corrected chi connectivity index (χ1v) is 12.2. The minimum absolute atomic E-state index is 0.169. The predicted molar refractivity (Wildman–Crippen MR) is 133 cm³/mol. The van der Waals surface area contributed by atoms with Crippen molar-refractivity contribution in [3.8, 4) is 5.75 Å². The molecule has 1 aromatic heterocycles. The number of hydrogen-bond acceptors (Lipinski definition) is 8. The van der Waals surface area contributed by atoms with Crippen LogP contribution in [0.15, 0.2) is 59.8 Å². The van der Waals surface area contributed by atoms with Gasteiger partial charge in [-0.2, -0.15) is 4.90 Å². The molecule has 0 unspecified atom stereocenters. The van der Waals surface area contributed by atoms with Gasteiger partial charge in [-0.05, 0) is 71.9 Å². The zero-order valence-electron chi connectivity index (χ0n) is 20.4. The van der Waals surface area contributed by atoms with Crippen molar-refractivity contribution >= 4 is 29.6 Å². The normalized spacial score (nSPS) is 25.4. The lowest BCUT2D eigenvalue weighted by atomic mass is 9.69. The van der Waals surface area contributed by atoms with E-state index in [1.54, 1.807) is 24.4 Å². The van der Waals surface area contributed by atoms with Crippen molar-refractivity contribution < 1.29 is 34.1 Å². The Morgan fingerprint density at radius 2 is 2.03 bits per heavy atom. The number of methoxy groups -OCH3 is 1. The standard InChI is InChI=1S/C28H28N2O7/c1-36-28(35)30-26(33)20-13-18(14-31)24-21(25(20)27(30)34)15-37-23(24)9-8-17(22-7-2-3-10-29-22)11-16-5-4-6-19(32)12-16/h2-7,10-12,20-21,23,25,31-32H,8-9,13-15H2,1H3/b17-11-/t20-,21+,23-,25-/m1/s1. The van der Waals surface area contributed by atoms with Crippen molar-refractivity contribution in [3.05, 3.63) is 71.1 Å². The number of fused-ring (bicyclic) bond motifs is 3. The zero-order valence-corrected chi connectivity index (χ0v) is 20.4. The number of likely N-dealkylation sites (tertiary alicyclic amines) is 1. The number of nitrogens with zero attached hydrogens (tertiary/aromatic N) is 2. The van der Waals surface area contributed by atoms with Gasteiger partial charge in [0.1, 0.15) is 5.75 Å². The Hall–Kier alpha value is -3.82. The molecule has 3 heterocycles. The van der Waals surface area contributed by atoms with Crippen molar-refractivity contribution in [1.29, 1.82) is 0 Å². The lowest BCUT2D eigenvalue weighted by Crippen LogP contribution is -2.38. The van der Waals surface area contributed by atoms with Crippen LogP contribution in [0.4, 0.5) is 4.79 Å². The molecular weight excluding hydrogens is 476 g/mol. The van der Waals surface area contributed by atoms with Crippen LogP contribution in [0.3, 0.4) is 0 Å². The van der Waals surface area contributed by atoms with Gasteiger partial charge in [-0.3, -0.25) is 14.6 Å². The minimum Gasteiger partial charge on any atom is -0.508 e. The number of hydrogen-bond donors (Lipinski definition) is 2. The smallest absolute Gasteiger partial charge is 0.423 e. The zero-order chi connectivity index (χ0) is 26.1. The summed E-state index contributed by atoms with van der Waals surface area (Å²) in [6, 6.07) is 12.6. The average Bonchev–Trinajstić information content (AvgIpc) is 3.44. The number of phenols is 1. The lowest BCUT2D eigenvalue weighted by Gasteiger charge is -2.31. The number of allylic oxidation sites excluding steroid dienone is 1. The Balaban J connectivity index is 1.41. The molecule has 1 aliphatic carbocycles. The first-order chi connectivity index (χ1) is 17.9. The summed E-state index contributed by atoms with van der Waals surface area (Å²) in [4.78, 5) is 43.2. The molecule has 1 aromatic carbocycles. The summed E-state index contributed by atoms with van der Waals surface area (Å²) in [5, 5.41) is 20.1. The van der Waals surface area contributed by atoms with E-state index in [0.29, 0.717) is 23.3 Å². The molecule has 0 bridgehead atoms. The fourth-order valence-electron chi connectivity index (χ4n) is 5.82. The summed E-state index contributed by atoms with van der Waals surface area (Å²) < 4.78 is 10.8. The van der Waals surface area contributed by atoms with Gasteiger partial charge in [-0.1, -0.05) is 18.2 Å². The van der Waals surface area contributed by atoms with Crippen LogP contribution in [0.5, 0.6) is 5.75 Å². The van der Waals surface area contributed by atoms with Gasteiger partial charge in [0, 0.05) is 12.1 Å². The third-order valence-electron chi connectivity index (χ3n) is 7.44. The van der Waals surface area contributed by atoms with Gasteiger partial charge < -0.3 is 19.7 Å². The molecule has 2 fully saturated rings. The van der Waals surface area contributed by atoms with Crippen molar-refractivity contribution in [3.63, 3.8) is 0 Å². The topological polar surface area (TPSA) is 126 Å². The number of rotatable bonds is 6. The maximum absolute atomic E-state index is 13.1. The van der Waals surface area contributed by atoms with Crippen LogP contribution in [0, 0.1) is 17.8 Å². The minimum atomic E-state index is -0.982. The van der Waals surface area contributed by atoms with E-state index in [-0.39, 0.29) is 37.4 Å². The number of pyridine rings is 1. The van der Waals surface area contributed by atoms with E-state index in [0.717, 1.165) is 29.5 Å². The highest BCUT2D eigenvalue weighted by Gasteiger charge is 2.58. The van der Waals surface area contributed by atoms with E-state index < -0.39 is 29.7 Å². The highest BCUT2D eigenvalue weighted by Crippen LogP contribution is 2.50. The number of aromatic nitrogens is 1. The van der Waals surface area contributed by atoms with Crippen LogP contribution in [-0.2, 0) is 19.1 Å². The second-order valence-corrected chi connectivity index (χ2v) is 9.48. The van der Waals surface area contributed by atoms with Crippen LogP contribution in [0.25, 0.3) is 11.6 Å². The van der Waals surface area contributed by atoms with Gasteiger partial charge in [0.05, 0.1) is 44.0 Å². The molecule has 0 saturated carbocycles. The number of benzene rings is 1. The number of aliphatic hydroxyl groups is 1. The van der Waals surface area contributed by atoms with Gasteiger partial charge in [0.15, 0.2) is 0 Å². The molecule has 0 radical (unpaired) electrons. The summed E-state index contributed by atoms with van der Waals surface area (Å²) in [7, 11) is 1.13. The third-order valence-corrected chi connectivity index (χ3v) is 7.44. The highest BCUT2D eigenvalue weighted by atomic mass is 16.5. The fraction of sp³-hybridized carbons (Fsp3) is 0.357. The Labute approximate surface area is 214 Å². The van der Waals surface area contributed by atoms with Crippen LogP contribution in [-0.4, -0.2) is 64.4 Å². The Bertz CT molecular complexity index is 1290. The summed E-state index contributed by atoms with van der Waals surface area (Å²) in [5.74, 6) is -2.78. The molecule has 5 rings (SSSR count). The summed E-state index contributed by atoms with van der Waals surface area (Å²) in [6.45, 7) is -0.0191. The number of aromatic hydroxyl groups is 1. The molecule has 3 aliphatic rings. The number of amides is 3. The van der Waals surface area contributed by atoms with E-state index in [2.05, 4.69) is 9.72 Å². The molecule has 9 heteroatoms. The van der Waals surface area contributed by atoms with Gasteiger partial charge in [-0.15, -0.1) is 0 Å².